The van der Waals surface area contributed by atoms with E-state index < -0.39 is 5.91 Å². The number of rotatable bonds is 8. The van der Waals surface area contributed by atoms with Gasteiger partial charge >= 0.3 is 5.69 Å². The Balaban J connectivity index is 1.25. The lowest BCUT2D eigenvalue weighted by molar-refractivity contribution is 0.0610. The van der Waals surface area contributed by atoms with Crippen LogP contribution in [0, 0.1) is 0 Å². The lowest BCUT2D eigenvalue weighted by Gasteiger charge is -2.34. The molecule has 2 aliphatic rings. The number of carbonyl (C=O) groups excluding carboxylic acids is 2. The highest BCUT2D eigenvalue weighted by Gasteiger charge is 2.35. The van der Waals surface area contributed by atoms with E-state index in [0.717, 1.165) is 24.0 Å². The van der Waals surface area contributed by atoms with Gasteiger partial charge in [0, 0.05) is 34.7 Å². The van der Waals surface area contributed by atoms with E-state index in [1.54, 1.807) is 64.1 Å². The molecule has 5 aromatic rings. The van der Waals surface area contributed by atoms with Crippen LogP contribution < -0.4 is 21.5 Å². The summed E-state index contributed by atoms with van der Waals surface area (Å²) in [5.41, 5.74) is 9.07. The Kier molecular flexibility index (Phi) is 8.52. The first kappa shape index (κ1) is 31.6. The molecule has 3 aromatic carbocycles. The SMILES string of the molecule is CC1Cn2c(c(C(=O)NCc3ccccc3-c3ccc(N)nn3)n(-c3ccc(OC4CC4)cc3)c2=O)CN1C(=O)c1ccc(Br)c(Cl)c1. The zero-order chi connectivity index (χ0) is 33.5. The van der Waals surface area contributed by atoms with Crippen molar-refractivity contribution in [2.75, 3.05) is 5.73 Å². The summed E-state index contributed by atoms with van der Waals surface area (Å²) in [5.74, 6) is 0.282. The average molecular weight is 729 g/mol. The van der Waals surface area contributed by atoms with Crippen LogP contribution in [0.25, 0.3) is 16.9 Å². The van der Waals surface area contributed by atoms with Crippen LogP contribution in [0.15, 0.2) is 88.1 Å². The van der Waals surface area contributed by atoms with E-state index in [4.69, 9.17) is 22.1 Å². The van der Waals surface area contributed by atoms with Crippen LogP contribution in [0.1, 0.15) is 51.9 Å². The topological polar surface area (TPSA) is 137 Å². The van der Waals surface area contributed by atoms with Gasteiger partial charge in [0.2, 0.25) is 0 Å². The van der Waals surface area contributed by atoms with E-state index in [9.17, 15) is 14.4 Å². The van der Waals surface area contributed by atoms with Gasteiger partial charge in [0.05, 0.1) is 34.7 Å². The molecule has 0 radical (unpaired) electrons. The summed E-state index contributed by atoms with van der Waals surface area (Å²) in [7, 11) is 0. The van der Waals surface area contributed by atoms with E-state index in [2.05, 4.69) is 31.4 Å². The van der Waals surface area contributed by atoms with Gasteiger partial charge in [-0.05, 0) is 95.9 Å². The van der Waals surface area contributed by atoms with Crippen LogP contribution >= 0.6 is 27.5 Å². The molecule has 48 heavy (non-hydrogen) atoms. The first-order valence-electron chi connectivity index (χ1n) is 15.5. The van der Waals surface area contributed by atoms with Crippen molar-refractivity contribution in [3.05, 3.63) is 121 Å². The first-order valence-corrected chi connectivity index (χ1v) is 16.7. The average Bonchev–Trinajstić information content (AvgIpc) is 3.87. The highest BCUT2D eigenvalue weighted by molar-refractivity contribution is 9.10. The zero-order valence-corrected chi connectivity index (χ0v) is 28.2. The van der Waals surface area contributed by atoms with Crippen molar-refractivity contribution in [1.29, 1.82) is 0 Å². The first-order chi connectivity index (χ1) is 23.2. The third kappa shape index (κ3) is 6.20. The molecule has 1 unspecified atom stereocenters. The standard InChI is InChI=1S/C35H31BrClN7O4/c1-20-18-43-30(19-42(20)34(46)21-6-13-27(36)28(37)16-21)32(44(35(43)47)23-7-9-24(10-8-23)48-25-11-12-25)33(45)39-17-22-4-2-3-5-26(22)29-14-15-31(38)41-40-29/h2-10,13-16,20,25H,11-12,17-19H2,1H3,(H2,38,41)(H,39,45). The van der Waals surface area contributed by atoms with Gasteiger partial charge in [-0.15, -0.1) is 10.2 Å². The Bertz CT molecular complexity index is 2090. The second-order valence-electron chi connectivity index (χ2n) is 11.9. The number of carbonyl (C=O) groups is 2. The highest BCUT2D eigenvalue weighted by Crippen LogP contribution is 2.30. The summed E-state index contributed by atoms with van der Waals surface area (Å²) < 4.78 is 9.60. The molecule has 0 spiro atoms. The van der Waals surface area contributed by atoms with Crippen LogP contribution in [-0.2, 0) is 19.6 Å². The van der Waals surface area contributed by atoms with E-state index in [1.165, 1.54) is 4.57 Å². The second-order valence-corrected chi connectivity index (χ2v) is 13.2. The Morgan fingerprint density at radius 2 is 1.81 bits per heavy atom. The molecule has 7 rings (SSSR count). The number of amides is 2. The summed E-state index contributed by atoms with van der Waals surface area (Å²) in [6.45, 7) is 2.27. The van der Waals surface area contributed by atoms with Crippen LogP contribution in [0.3, 0.4) is 0 Å². The van der Waals surface area contributed by atoms with Crippen molar-refractivity contribution in [2.24, 2.45) is 0 Å². The molecule has 1 aliphatic heterocycles. The Hall–Kier alpha value is -4.94. The van der Waals surface area contributed by atoms with E-state index in [-0.39, 0.29) is 49.1 Å². The summed E-state index contributed by atoms with van der Waals surface area (Å²) in [5, 5.41) is 11.6. The third-order valence-corrected chi connectivity index (χ3v) is 9.76. The van der Waals surface area contributed by atoms with Gasteiger partial charge in [-0.2, -0.15) is 0 Å². The van der Waals surface area contributed by atoms with Crippen molar-refractivity contribution in [3.8, 4) is 22.7 Å². The van der Waals surface area contributed by atoms with Crippen LogP contribution in [0.4, 0.5) is 5.82 Å². The predicted molar refractivity (Wildman–Crippen MR) is 185 cm³/mol. The third-order valence-electron chi connectivity index (χ3n) is 8.53. The van der Waals surface area contributed by atoms with E-state index in [0.29, 0.717) is 43.7 Å². The fourth-order valence-electron chi connectivity index (χ4n) is 5.88. The van der Waals surface area contributed by atoms with Crippen LogP contribution in [0.2, 0.25) is 5.02 Å². The molecule has 13 heteroatoms. The van der Waals surface area contributed by atoms with Crippen molar-refractivity contribution in [1.82, 2.24) is 29.5 Å². The molecule has 1 atom stereocenters. The zero-order valence-electron chi connectivity index (χ0n) is 25.9. The van der Waals surface area contributed by atoms with Crippen LogP contribution in [0.5, 0.6) is 5.75 Å². The minimum absolute atomic E-state index is 0.0408. The molecule has 3 heterocycles. The van der Waals surface area contributed by atoms with E-state index >= 15 is 0 Å². The summed E-state index contributed by atoms with van der Waals surface area (Å²) >= 11 is 9.69. The number of nitrogens with zero attached hydrogens (tertiary/aromatic N) is 5. The number of hydrogen-bond acceptors (Lipinski definition) is 7. The molecule has 11 nitrogen and oxygen atoms in total. The van der Waals surface area contributed by atoms with Crippen LogP contribution in [-0.4, -0.2) is 48.2 Å². The minimum atomic E-state index is -0.467. The summed E-state index contributed by atoms with van der Waals surface area (Å²) in [4.78, 5) is 43.8. The van der Waals surface area contributed by atoms with Crippen molar-refractivity contribution in [2.45, 2.75) is 51.5 Å². The molecule has 244 valence electrons. The normalized spacial score (nSPS) is 15.6. The largest absolute Gasteiger partial charge is 0.490 e. The van der Waals surface area contributed by atoms with Gasteiger partial charge in [-0.1, -0.05) is 35.9 Å². The van der Waals surface area contributed by atoms with Gasteiger partial charge in [-0.3, -0.25) is 18.7 Å². The number of hydrogen-bond donors (Lipinski definition) is 2. The van der Waals surface area contributed by atoms with Gasteiger partial charge in [-0.25, -0.2) is 4.79 Å². The molecule has 1 fully saturated rings. The summed E-state index contributed by atoms with van der Waals surface area (Å²) in [6.07, 6.45) is 2.26. The lowest BCUT2D eigenvalue weighted by atomic mass is 10.0. The molecular weight excluding hydrogens is 698 g/mol. The molecule has 1 aliphatic carbocycles. The van der Waals surface area contributed by atoms with Gasteiger partial charge in [0.1, 0.15) is 17.3 Å². The molecule has 0 saturated heterocycles. The molecule has 2 amide bonds. The number of benzene rings is 3. The van der Waals surface area contributed by atoms with Gasteiger partial charge in [0.25, 0.3) is 11.8 Å². The quantitative estimate of drug-likeness (QED) is 0.212. The number of halogens is 2. The number of nitrogens with one attached hydrogen (secondary N) is 1. The number of aromatic nitrogens is 4. The maximum Gasteiger partial charge on any atom is 0.333 e. The maximum absolute atomic E-state index is 14.2. The van der Waals surface area contributed by atoms with Crippen molar-refractivity contribution < 1.29 is 14.3 Å². The molecular formula is C35H31BrClN7O4. The van der Waals surface area contributed by atoms with Crippen molar-refractivity contribution >= 4 is 45.2 Å². The number of nitrogens with two attached hydrogens (primary N) is 1. The second kappa shape index (κ2) is 12.9. The monoisotopic (exact) mass is 727 g/mol. The number of anilines is 1. The number of ether oxygens (including phenoxy) is 1. The van der Waals surface area contributed by atoms with Gasteiger partial charge < -0.3 is 20.7 Å². The number of fused-ring (bicyclic) bond motifs is 1. The molecule has 0 bridgehead atoms. The minimum Gasteiger partial charge on any atom is -0.490 e. The van der Waals surface area contributed by atoms with E-state index in [1.807, 2.05) is 31.2 Å². The highest BCUT2D eigenvalue weighted by atomic mass is 79.9. The Morgan fingerprint density at radius 3 is 2.52 bits per heavy atom. The van der Waals surface area contributed by atoms with Crippen molar-refractivity contribution in [3.63, 3.8) is 0 Å². The molecule has 1 saturated carbocycles. The fraction of sp³-hybridized carbons (Fsp3) is 0.229. The molecule has 2 aromatic heterocycles. The summed E-state index contributed by atoms with van der Waals surface area (Å²) in [6, 6.07) is 22.8. The number of imidazole rings is 1. The van der Waals surface area contributed by atoms with Gasteiger partial charge in [0.15, 0.2) is 0 Å². The Labute approximate surface area is 289 Å². The lowest BCUT2D eigenvalue weighted by Crippen LogP contribution is -2.47. The maximum atomic E-state index is 14.2. The number of nitrogen functional groups attached to an aromatic ring is 1. The Morgan fingerprint density at radius 1 is 1.04 bits per heavy atom. The predicted octanol–water partition coefficient (Wildman–Crippen LogP) is 5.61. The fourth-order valence-corrected chi connectivity index (χ4v) is 6.31. The molecule has 3 N–H and O–H groups in total. The smallest absolute Gasteiger partial charge is 0.333 e.